The molecular weight excluding hydrogens is 208 g/mol. The van der Waals surface area contributed by atoms with E-state index in [9.17, 15) is 14.7 Å². The Morgan fingerprint density at radius 2 is 2.12 bits per heavy atom. The second-order valence-corrected chi connectivity index (χ2v) is 4.45. The number of aromatic nitrogens is 2. The molecule has 5 nitrogen and oxygen atoms in total. The number of aromatic amines is 1. The van der Waals surface area contributed by atoms with Crippen LogP contribution in [0.2, 0.25) is 0 Å². The van der Waals surface area contributed by atoms with E-state index in [0.29, 0.717) is 12.5 Å². The molecule has 1 aromatic rings. The summed E-state index contributed by atoms with van der Waals surface area (Å²) in [4.78, 5) is 24.9. The summed E-state index contributed by atoms with van der Waals surface area (Å²) in [5.41, 5.74) is -0.831. The van der Waals surface area contributed by atoms with Crippen molar-refractivity contribution in [1.82, 2.24) is 9.55 Å². The van der Waals surface area contributed by atoms with Crippen LogP contribution in [0.3, 0.4) is 0 Å². The van der Waals surface area contributed by atoms with E-state index < -0.39 is 11.2 Å². The molecule has 0 unspecified atom stereocenters. The first-order valence-electron chi connectivity index (χ1n) is 5.62. The Kier molecular flexibility index (Phi) is 2.85. The second kappa shape index (κ2) is 4.15. The average molecular weight is 224 g/mol. The molecule has 88 valence electrons. The molecule has 0 radical (unpaired) electrons. The second-order valence-electron chi connectivity index (χ2n) is 4.45. The maximum Gasteiger partial charge on any atom is 0.331 e. The first-order valence-corrected chi connectivity index (χ1v) is 5.62. The number of hydrogen-bond acceptors (Lipinski definition) is 3. The van der Waals surface area contributed by atoms with Crippen molar-refractivity contribution >= 4 is 0 Å². The highest BCUT2D eigenvalue weighted by Crippen LogP contribution is 2.29. The van der Waals surface area contributed by atoms with Crippen LogP contribution in [0.5, 0.6) is 5.88 Å². The van der Waals surface area contributed by atoms with Gasteiger partial charge >= 0.3 is 5.69 Å². The minimum Gasteiger partial charge on any atom is -0.494 e. The normalized spacial score (nSPS) is 16.1. The molecule has 16 heavy (non-hydrogen) atoms. The molecule has 5 heteroatoms. The summed E-state index contributed by atoms with van der Waals surface area (Å²) in [6.45, 7) is 1.99. The van der Waals surface area contributed by atoms with Gasteiger partial charge in [-0.15, -0.1) is 0 Å². The standard InChI is InChI=1S/C11H16N2O3/c1-7-9(14)12-11(16)13(10(7)15)6-5-8-3-2-4-8/h8,15H,2-6H2,1H3,(H,12,14,16). The van der Waals surface area contributed by atoms with Crippen LogP contribution in [0, 0.1) is 12.8 Å². The molecule has 1 aliphatic rings. The van der Waals surface area contributed by atoms with Crippen LogP contribution in [-0.2, 0) is 6.54 Å². The van der Waals surface area contributed by atoms with Crippen molar-refractivity contribution in [2.24, 2.45) is 5.92 Å². The monoisotopic (exact) mass is 224 g/mol. The van der Waals surface area contributed by atoms with Gasteiger partial charge in [-0.05, 0) is 19.3 Å². The van der Waals surface area contributed by atoms with Crippen LogP contribution in [0.1, 0.15) is 31.2 Å². The summed E-state index contributed by atoms with van der Waals surface area (Å²) in [6.07, 6.45) is 4.56. The van der Waals surface area contributed by atoms with Crippen LogP contribution in [0.25, 0.3) is 0 Å². The van der Waals surface area contributed by atoms with Gasteiger partial charge in [-0.2, -0.15) is 0 Å². The van der Waals surface area contributed by atoms with Gasteiger partial charge in [-0.25, -0.2) is 4.79 Å². The van der Waals surface area contributed by atoms with Gasteiger partial charge in [-0.3, -0.25) is 14.3 Å². The Hall–Kier alpha value is -1.52. The van der Waals surface area contributed by atoms with E-state index in [1.54, 1.807) is 0 Å². The number of H-pyrrole nitrogens is 1. The van der Waals surface area contributed by atoms with Crippen molar-refractivity contribution in [3.05, 3.63) is 26.4 Å². The zero-order chi connectivity index (χ0) is 11.7. The lowest BCUT2D eigenvalue weighted by atomic mass is 9.83. The van der Waals surface area contributed by atoms with Gasteiger partial charge in [0.2, 0.25) is 5.88 Å². The van der Waals surface area contributed by atoms with Gasteiger partial charge in [-0.1, -0.05) is 19.3 Å². The molecule has 0 aliphatic heterocycles. The first kappa shape index (κ1) is 11.0. The molecular formula is C11H16N2O3. The minimum atomic E-state index is -0.521. The highest BCUT2D eigenvalue weighted by molar-refractivity contribution is 5.20. The zero-order valence-electron chi connectivity index (χ0n) is 9.32. The van der Waals surface area contributed by atoms with Gasteiger partial charge in [0.05, 0.1) is 5.56 Å². The molecule has 0 atom stereocenters. The van der Waals surface area contributed by atoms with E-state index in [4.69, 9.17) is 0 Å². The summed E-state index contributed by atoms with van der Waals surface area (Å²) >= 11 is 0. The number of aromatic hydroxyl groups is 1. The van der Waals surface area contributed by atoms with E-state index in [2.05, 4.69) is 4.98 Å². The van der Waals surface area contributed by atoms with Crippen LogP contribution < -0.4 is 11.2 Å². The Morgan fingerprint density at radius 1 is 1.44 bits per heavy atom. The maximum absolute atomic E-state index is 11.5. The van der Waals surface area contributed by atoms with Gasteiger partial charge < -0.3 is 5.11 Å². The van der Waals surface area contributed by atoms with Gasteiger partial charge in [0, 0.05) is 6.54 Å². The highest BCUT2D eigenvalue weighted by atomic mass is 16.3. The summed E-state index contributed by atoms with van der Waals surface area (Å²) in [5.74, 6) is 0.464. The summed E-state index contributed by atoms with van der Waals surface area (Å²) in [7, 11) is 0. The largest absolute Gasteiger partial charge is 0.494 e. The van der Waals surface area contributed by atoms with E-state index in [-0.39, 0.29) is 11.4 Å². The lowest BCUT2D eigenvalue weighted by Crippen LogP contribution is -2.32. The van der Waals surface area contributed by atoms with Crippen molar-refractivity contribution in [2.75, 3.05) is 0 Å². The average Bonchev–Trinajstić information content (AvgIpc) is 2.17. The Morgan fingerprint density at radius 3 is 2.69 bits per heavy atom. The Balaban J connectivity index is 2.22. The van der Waals surface area contributed by atoms with E-state index in [1.165, 1.54) is 30.8 Å². The third kappa shape index (κ3) is 1.89. The molecule has 1 aromatic heterocycles. The predicted octanol–water partition coefficient (Wildman–Crippen LogP) is 0.741. The van der Waals surface area contributed by atoms with Gasteiger partial charge in [0.25, 0.3) is 5.56 Å². The van der Waals surface area contributed by atoms with E-state index in [1.807, 2.05) is 0 Å². The molecule has 0 spiro atoms. The lowest BCUT2D eigenvalue weighted by molar-refractivity contribution is 0.272. The molecule has 1 aliphatic carbocycles. The summed E-state index contributed by atoms with van der Waals surface area (Å²) < 4.78 is 1.25. The van der Waals surface area contributed by atoms with Crippen molar-refractivity contribution in [1.29, 1.82) is 0 Å². The van der Waals surface area contributed by atoms with Crippen LogP contribution in [0.4, 0.5) is 0 Å². The van der Waals surface area contributed by atoms with Crippen LogP contribution in [-0.4, -0.2) is 14.7 Å². The molecule has 1 saturated carbocycles. The third-order valence-corrected chi connectivity index (χ3v) is 3.38. The SMILES string of the molecule is Cc1c(O)n(CCC2CCC2)c(=O)[nH]c1=O. The molecule has 0 saturated heterocycles. The maximum atomic E-state index is 11.5. The quantitative estimate of drug-likeness (QED) is 0.795. The van der Waals surface area contributed by atoms with Crippen molar-refractivity contribution in [3.8, 4) is 5.88 Å². The number of rotatable bonds is 3. The highest BCUT2D eigenvalue weighted by Gasteiger charge is 2.18. The Labute approximate surface area is 92.7 Å². The molecule has 0 bridgehead atoms. The molecule has 1 heterocycles. The van der Waals surface area contributed by atoms with Gasteiger partial charge in [0.15, 0.2) is 0 Å². The van der Waals surface area contributed by atoms with Crippen LogP contribution in [0.15, 0.2) is 9.59 Å². The molecule has 1 fully saturated rings. The minimum absolute atomic E-state index is 0.201. The molecule has 2 N–H and O–H groups in total. The fourth-order valence-corrected chi connectivity index (χ4v) is 1.96. The van der Waals surface area contributed by atoms with E-state index >= 15 is 0 Å². The molecule has 0 amide bonds. The number of hydrogen-bond donors (Lipinski definition) is 2. The fourth-order valence-electron chi connectivity index (χ4n) is 1.96. The van der Waals surface area contributed by atoms with E-state index in [0.717, 1.165) is 6.42 Å². The zero-order valence-corrected chi connectivity index (χ0v) is 9.32. The summed E-state index contributed by atoms with van der Waals surface area (Å²) in [6, 6.07) is 0. The van der Waals surface area contributed by atoms with Crippen molar-refractivity contribution < 1.29 is 5.11 Å². The van der Waals surface area contributed by atoms with Crippen LogP contribution >= 0.6 is 0 Å². The fraction of sp³-hybridized carbons (Fsp3) is 0.636. The molecule has 2 rings (SSSR count). The van der Waals surface area contributed by atoms with Gasteiger partial charge in [0.1, 0.15) is 0 Å². The Bertz CT molecular complexity index is 497. The summed E-state index contributed by atoms with van der Waals surface area (Å²) in [5, 5.41) is 9.71. The third-order valence-electron chi connectivity index (χ3n) is 3.38. The van der Waals surface area contributed by atoms with Crippen molar-refractivity contribution in [3.63, 3.8) is 0 Å². The number of nitrogens with one attached hydrogen (secondary N) is 1. The lowest BCUT2D eigenvalue weighted by Gasteiger charge is -2.25. The predicted molar refractivity (Wildman–Crippen MR) is 59.7 cm³/mol. The first-order chi connectivity index (χ1) is 7.59. The van der Waals surface area contributed by atoms with Crippen molar-refractivity contribution in [2.45, 2.75) is 39.2 Å². The number of nitrogens with zero attached hydrogens (tertiary/aromatic N) is 1. The molecule has 0 aromatic carbocycles. The smallest absolute Gasteiger partial charge is 0.331 e. The topological polar surface area (TPSA) is 75.1 Å².